The molecule has 6 heteroatoms. The lowest BCUT2D eigenvalue weighted by molar-refractivity contribution is 0.584. The third-order valence-electron chi connectivity index (χ3n) is 2.24. The van der Waals surface area contributed by atoms with E-state index < -0.39 is 17.5 Å². The van der Waals surface area contributed by atoms with Crippen LogP contribution in [0.2, 0.25) is 0 Å². The highest BCUT2D eigenvalue weighted by Gasteiger charge is 2.05. The Morgan fingerprint density at radius 1 is 0.895 bits per heavy atom. The molecule has 0 saturated carbocycles. The number of halogens is 3. The van der Waals surface area contributed by atoms with Gasteiger partial charge in [0, 0.05) is 11.8 Å². The number of benzene rings is 2. The topological polar surface area (TPSA) is 24.1 Å². The summed E-state index contributed by atoms with van der Waals surface area (Å²) in [5.41, 5.74) is 0.322. The molecule has 0 aliphatic carbocycles. The Morgan fingerprint density at radius 3 is 2.16 bits per heavy atom. The minimum atomic E-state index is -0.726. The minimum absolute atomic E-state index is 0.0371. The molecule has 0 aliphatic heterocycles. The van der Waals surface area contributed by atoms with Crippen molar-refractivity contribution in [2.75, 3.05) is 10.6 Å². The minimum Gasteiger partial charge on any atom is -0.332 e. The van der Waals surface area contributed by atoms with E-state index in [4.69, 9.17) is 12.2 Å². The molecule has 2 N–H and O–H groups in total. The molecule has 2 rings (SSSR count). The second kappa shape index (κ2) is 5.71. The Balaban J connectivity index is 2.07. The van der Waals surface area contributed by atoms with Gasteiger partial charge in [-0.05, 0) is 36.5 Å². The molecule has 0 radical (unpaired) electrons. The van der Waals surface area contributed by atoms with Crippen molar-refractivity contribution in [2.45, 2.75) is 0 Å². The van der Waals surface area contributed by atoms with Crippen LogP contribution in [0.4, 0.5) is 24.5 Å². The zero-order chi connectivity index (χ0) is 13.8. The molecule has 2 aromatic carbocycles. The molecule has 0 spiro atoms. The van der Waals surface area contributed by atoms with Crippen LogP contribution in [-0.2, 0) is 0 Å². The summed E-state index contributed by atoms with van der Waals surface area (Å²) in [7, 11) is 0. The number of thiocarbonyl (C=S) groups is 1. The number of nitrogens with one attached hydrogen (secondary N) is 2. The molecule has 19 heavy (non-hydrogen) atoms. The molecule has 0 aliphatic rings. The van der Waals surface area contributed by atoms with Crippen molar-refractivity contribution in [2.24, 2.45) is 0 Å². The van der Waals surface area contributed by atoms with E-state index in [9.17, 15) is 13.2 Å². The first-order valence-corrected chi connectivity index (χ1v) is 5.74. The summed E-state index contributed by atoms with van der Waals surface area (Å²) in [6.45, 7) is 0. The van der Waals surface area contributed by atoms with Crippen molar-refractivity contribution < 1.29 is 13.2 Å². The summed E-state index contributed by atoms with van der Waals surface area (Å²) in [5, 5.41) is 5.21. The van der Waals surface area contributed by atoms with E-state index in [-0.39, 0.29) is 16.5 Å². The van der Waals surface area contributed by atoms with Gasteiger partial charge < -0.3 is 10.6 Å². The highest BCUT2D eigenvalue weighted by atomic mass is 32.1. The van der Waals surface area contributed by atoms with Crippen molar-refractivity contribution in [3.63, 3.8) is 0 Å². The predicted octanol–water partition coefficient (Wildman–Crippen LogP) is 3.91. The first-order chi connectivity index (χ1) is 9.04. The molecule has 0 unspecified atom stereocenters. The maximum Gasteiger partial charge on any atom is 0.175 e. The van der Waals surface area contributed by atoms with Crippen LogP contribution in [0.15, 0.2) is 42.5 Å². The van der Waals surface area contributed by atoms with Crippen molar-refractivity contribution in [3.8, 4) is 0 Å². The van der Waals surface area contributed by atoms with Gasteiger partial charge in [0.2, 0.25) is 0 Å². The Hall–Kier alpha value is -2.08. The van der Waals surface area contributed by atoms with Gasteiger partial charge >= 0.3 is 0 Å². The van der Waals surface area contributed by atoms with Gasteiger partial charge in [-0.15, -0.1) is 0 Å². The van der Waals surface area contributed by atoms with Gasteiger partial charge in [-0.1, -0.05) is 12.1 Å². The van der Waals surface area contributed by atoms with E-state index in [2.05, 4.69) is 10.6 Å². The van der Waals surface area contributed by atoms with Crippen LogP contribution in [0, 0.1) is 17.5 Å². The van der Waals surface area contributed by atoms with Crippen molar-refractivity contribution in [1.82, 2.24) is 0 Å². The second-order valence-corrected chi connectivity index (χ2v) is 4.13. The van der Waals surface area contributed by atoms with Crippen LogP contribution < -0.4 is 10.6 Å². The summed E-state index contributed by atoms with van der Waals surface area (Å²) < 4.78 is 39.3. The maximum atomic E-state index is 13.3. The van der Waals surface area contributed by atoms with Gasteiger partial charge in [0.05, 0.1) is 5.69 Å². The predicted molar refractivity (Wildman–Crippen MR) is 72.6 cm³/mol. The SMILES string of the molecule is Fc1cc(F)cc(NC(=S)Nc2ccccc2F)c1. The van der Waals surface area contributed by atoms with Crippen LogP contribution in [0.3, 0.4) is 0 Å². The molecule has 0 fully saturated rings. The lowest BCUT2D eigenvalue weighted by Crippen LogP contribution is -2.19. The van der Waals surface area contributed by atoms with Crippen molar-refractivity contribution >= 4 is 28.7 Å². The van der Waals surface area contributed by atoms with E-state index in [0.29, 0.717) is 0 Å². The normalized spacial score (nSPS) is 10.1. The smallest absolute Gasteiger partial charge is 0.175 e. The van der Waals surface area contributed by atoms with Crippen LogP contribution >= 0.6 is 12.2 Å². The fraction of sp³-hybridized carbons (Fsp3) is 0. The lowest BCUT2D eigenvalue weighted by atomic mass is 10.3. The Morgan fingerprint density at radius 2 is 1.53 bits per heavy atom. The Kier molecular flexibility index (Phi) is 4.01. The number of rotatable bonds is 2. The second-order valence-electron chi connectivity index (χ2n) is 3.72. The van der Waals surface area contributed by atoms with Crippen LogP contribution in [0.25, 0.3) is 0 Å². The average molecular weight is 282 g/mol. The highest BCUT2D eigenvalue weighted by molar-refractivity contribution is 7.80. The van der Waals surface area contributed by atoms with Crippen LogP contribution in [-0.4, -0.2) is 5.11 Å². The summed E-state index contributed by atoms with van der Waals surface area (Å²) in [5.74, 6) is -1.93. The number of hydrogen-bond acceptors (Lipinski definition) is 1. The first kappa shape index (κ1) is 13.4. The van der Waals surface area contributed by atoms with Gasteiger partial charge in [0.1, 0.15) is 17.5 Å². The van der Waals surface area contributed by atoms with E-state index in [1.807, 2.05) is 0 Å². The highest BCUT2D eigenvalue weighted by Crippen LogP contribution is 2.15. The van der Waals surface area contributed by atoms with E-state index >= 15 is 0 Å². The van der Waals surface area contributed by atoms with Gasteiger partial charge in [-0.25, -0.2) is 13.2 Å². The maximum absolute atomic E-state index is 13.3. The monoisotopic (exact) mass is 282 g/mol. The lowest BCUT2D eigenvalue weighted by Gasteiger charge is -2.11. The molecule has 0 saturated heterocycles. The van der Waals surface area contributed by atoms with E-state index in [0.717, 1.165) is 18.2 Å². The zero-order valence-electron chi connectivity index (χ0n) is 9.58. The molecule has 2 aromatic rings. The third-order valence-corrected chi connectivity index (χ3v) is 2.45. The molecule has 98 valence electrons. The third kappa shape index (κ3) is 3.69. The van der Waals surface area contributed by atoms with Gasteiger partial charge in [0.25, 0.3) is 0 Å². The van der Waals surface area contributed by atoms with Gasteiger partial charge in [-0.2, -0.15) is 0 Å². The van der Waals surface area contributed by atoms with Crippen molar-refractivity contribution in [3.05, 3.63) is 59.9 Å². The summed E-state index contributed by atoms with van der Waals surface area (Å²) >= 11 is 4.93. The van der Waals surface area contributed by atoms with Gasteiger partial charge in [0.15, 0.2) is 5.11 Å². The molecular weight excluding hydrogens is 273 g/mol. The molecule has 0 bridgehead atoms. The molecule has 0 atom stereocenters. The molecule has 0 amide bonds. The summed E-state index contributed by atoms with van der Waals surface area (Å²) in [4.78, 5) is 0. The van der Waals surface area contributed by atoms with Gasteiger partial charge in [-0.3, -0.25) is 0 Å². The van der Waals surface area contributed by atoms with Crippen LogP contribution in [0.5, 0.6) is 0 Å². The summed E-state index contributed by atoms with van der Waals surface area (Å²) in [6.07, 6.45) is 0. The number of anilines is 2. The first-order valence-electron chi connectivity index (χ1n) is 5.33. The van der Waals surface area contributed by atoms with E-state index in [1.54, 1.807) is 12.1 Å². The largest absolute Gasteiger partial charge is 0.332 e. The number of hydrogen-bond donors (Lipinski definition) is 2. The standard InChI is InChI=1S/C13H9F3N2S/c14-8-5-9(15)7-10(6-8)17-13(19)18-12-4-2-1-3-11(12)16/h1-7H,(H2,17,18,19). The molecule has 0 aromatic heterocycles. The summed E-state index contributed by atoms with van der Waals surface area (Å²) in [6, 6.07) is 8.85. The molecule has 2 nitrogen and oxygen atoms in total. The number of para-hydroxylation sites is 1. The average Bonchev–Trinajstić information content (AvgIpc) is 2.30. The van der Waals surface area contributed by atoms with Crippen molar-refractivity contribution in [1.29, 1.82) is 0 Å². The fourth-order valence-corrected chi connectivity index (χ4v) is 1.70. The Bertz CT molecular complexity index is 596. The fourth-order valence-electron chi connectivity index (χ4n) is 1.47. The quantitative estimate of drug-likeness (QED) is 0.817. The zero-order valence-corrected chi connectivity index (χ0v) is 10.4. The molecular formula is C13H9F3N2S. The van der Waals surface area contributed by atoms with E-state index in [1.165, 1.54) is 12.1 Å². The Labute approximate surface area is 113 Å². The van der Waals surface area contributed by atoms with Crippen LogP contribution in [0.1, 0.15) is 0 Å². The molecule has 0 heterocycles.